The maximum atomic E-state index is 12.8. The number of nitrogens with zero attached hydrogens (tertiary/aromatic N) is 4. The summed E-state index contributed by atoms with van der Waals surface area (Å²) in [4.78, 5) is 29.3. The van der Waals surface area contributed by atoms with Gasteiger partial charge in [0, 0.05) is 31.9 Å². The number of hydrogen-bond acceptors (Lipinski definition) is 4. The molecule has 26 heavy (non-hydrogen) atoms. The molecule has 0 radical (unpaired) electrons. The van der Waals surface area contributed by atoms with E-state index in [-0.39, 0.29) is 24.3 Å². The molecule has 0 saturated carbocycles. The van der Waals surface area contributed by atoms with Gasteiger partial charge in [-0.15, -0.1) is 0 Å². The first-order chi connectivity index (χ1) is 12.5. The maximum Gasteiger partial charge on any atom is 0.244 e. The molecular weight excluding hydrogens is 332 g/mol. The van der Waals surface area contributed by atoms with E-state index >= 15 is 0 Å². The van der Waals surface area contributed by atoms with Gasteiger partial charge in [0.25, 0.3) is 0 Å². The van der Waals surface area contributed by atoms with Gasteiger partial charge in [-0.25, -0.2) is 0 Å². The van der Waals surface area contributed by atoms with Crippen LogP contribution in [-0.4, -0.2) is 70.8 Å². The van der Waals surface area contributed by atoms with E-state index in [2.05, 4.69) is 12.0 Å². The molecule has 0 spiro atoms. The largest absolute Gasteiger partial charge is 0.378 e. The first kappa shape index (κ1) is 18.9. The van der Waals surface area contributed by atoms with Crippen LogP contribution in [0.3, 0.4) is 0 Å². The van der Waals surface area contributed by atoms with Gasteiger partial charge in [-0.3, -0.25) is 14.3 Å². The van der Waals surface area contributed by atoms with Crippen molar-refractivity contribution in [1.29, 1.82) is 0 Å². The smallest absolute Gasteiger partial charge is 0.244 e. The third kappa shape index (κ3) is 3.92. The summed E-state index contributed by atoms with van der Waals surface area (Å²) in [5.41, 5.74) is 3.28. The molecular formula is C19H30N4O3. The molecule has 144 valence electrons. The van der Waals surface area contributed by atoms with Crippen molar-refractivity contribution < 1.29 is 14.3 Å². The second-order valence-corrected chi connectivity index (χ2v) is 7.28. The zero-order valence-corrected chi connectivity index (χ0v) is 16.2. The van der Waals surface area contributed by atoms with Crippen LogP contribution in [0.2, 0.25) is 0 Å². The fourth-order valence-corrected chi connectivity index (χ4v) is 4.07. The van der Waals surface area contributed by atoms with Gasteiger partial charge in [0.2, 0.25) is 11.8 Å². The Balaban J connectivity index is 1.62. The summed E-state index contributed by atoms with van der Waals surface area (Å²) in [5, 5.41) is 4.52. The predicted molar refractivity (Wildman–Crippen MR) is 97.8 cm³/mol. The second-order valence-electron chi connectivity index (χ2n) is 7.28. The molecule has 2 aliphatic rings. The van der Waals surface area contributed by atoms with Gasteiger partial charge in [0.1, 0.15) is 6.54 Å². The van der Waals surface area contributed by atoms with Crippen LogP contribution in [0.1, 0.15) is 36.7 Å². The van der Waals surface area contributed by atoms with Crippen molar-refractivity contribution in [2.75, 3.05) is 39.4 Å². The highest BCUT2D eigenvalue weighted by atomic mass is 16.5. The molecule has 3 rings (SSSR count). The molecule has 7 nitrogen and oxygen atoms in total. The Morgan fingerprint density at radius 3 is 2.54 bits per heavy atom. The Morgan fingerprint density at radius 1 is 1.15 bits per heavy atom. The summed E-state index contributed by atoms with van der Waals surface area (Å²) in [7, 11) is 0. The number of ether oxygens (including phenoxy) is 1. The van der Waals surface area contributed by atoms with Crippen molar-refractivity contribution >= 4 is 11.8 Å². The monoisotopic (exact) mass is 362 g/mol. The third-order valence-corrected chi connectivity index (χ3v) is 5.62. The van der Waals surface area contributed by atoms with Crippen molar-refractivity contribution in [3.05, 3.63) is 17.0 Å². The molecule has 7 heteroatoms. The van der Waals surface area contributed by atoms with Crippen LogP contribution < -0.4 is 0 Å². The molecule has 0 bridgehead atoms. The van der Waals surface area contributed by atoms with E-state index in [4.69, 9.17) is 4.74 Å². The molecule has 1 aromatic heterocycles. The number of rotatable bonds is 4. The highest BCUT2D eigenvalue weighted by Crippen LogP contribution is 2.21. The Labute approximate surface area is 155 Å². The van der Waals surface area contributed by atoms with Crippen molar-refractivity contribution in [2.24, 2.45) is 5.92 Å². The number of piperidine rings is 1. The minimum Gasteiger partial charge on any atom is -0.378 e. The van der Waals surface area contributed by atoms with Gasteiger partial charge in [0.15, 0.2) is 0 Å². The molecule has 3 heterocycles. The van der Waals surface area contributed by atoms with Crippen LogP contribution >= 0.6 is 0 Å². The summed E-state index contributed by atoms with van der Waals surface area (Å²) in [5.74, 6) is 0.139. The highest BCUT2D eigenvalue weighted by Gasteiger charge is 2.32. The van der Waals surface area contributed by atoms with Crippen LogP contribution in [-0.2, 0) is 27.3 Å². The zero-order chi connectivity index (χ0) is 18.7. The molecule has 0 aliphatic carbocycles. The van der Waals surface area contributed by atoms with Gasteiger partial charge in [-0.2, -0.15) is 5.10 Å². The van der Waals surface area contributed by atoms with E-state index in [9.17, 15) is 9.59 Å². The number of likely N-dealkylation sites (tertiary alicyclic amines) is 1. The molecule has 2 fully saturated rings. The average Bonchev–Trinajstić information content (AvgIpc) is 2.94. The van der Waals surface area contributed by atoms with Crippen LogP contribution in [0, 0.1) is 19.8 Å². The maximum absolute atomic E-state index is 12.8. The zero-order valence-electron chi connectivity index (χ0n) is 16.2. The molecule has 1 unspecified atom stereocenters. The number of carbonyl (C=O) groups excluding carboxylic acids is 2. The topological polar surface area (TPSA) is 67.7 Å². The quantitative estimate of drug-likeness (QED) is 0.806. The fraction of sp³-hybridized carbons (Fsp3) is 0.737. The Hall–Kier alpha value is -1.89. The van der Waals surface area contributed by atoms with Gasteiger partial charge in [-0.1, -0.05) is 6.92 Å². The lowest BCUT2D eigenvalue weighted by Gasteiger charge is -2.36. The summed E-state index contributed by atoms with van der Waals surface area (Å²) in [6.45, 7) is 10.2. The number of hydrogen-bond donors (Lipinski definition) is 0. The van der Waals surface area contributed by atoms with Crippen LogP contribution in [0.5, 0.6) is 0 Å². The predicted octanol–water partition coefficient (Wildman–Crippen LogP) is 1.16. The van der Waals surface area contributed by atoms with Gasteiger partial charge >= 0.3 is 0 Å². The van der Waals surface area contributed by atoms with E-state index in [1.165, 1.54) is 5.56 Å². The molecule has 0 aromatic carbocycles. The third-order valence-electron chi connectivity index (χ3n) is 5.62. The normalized spacial score (nSPS) is 21.1. The van der Waals surface area contributed by atoms with E-state index in [1.807, 2.05) is 28.3 Å². The summed E-state index contributed by atoms with van der Waals surface area (Å²) in [6, 6.07) is 0. The second kappa shape index (κ2) is 8.20. The first-order valence-electron chi connectivity index (χ1n) is 9.68. The molecule has 2 aliphatic heterocycles. The lowest BCUT2D eigenvalue weighted by Crippen LogP contribution is -2.50. The Kier molecular flexibility index (Phi) is 5.96. The molecule has 1 aromatic rings. The molecule has 0 N–H and O–H groups in total. The molecule has 1 atom stereocenters. The highest BCUT2D eigenvalue weighted by molar-refractivity contribution is 5.81. The lowest BCUT2D eigenvalue weighted by atomic mass is 9.96. The Bertz CT molecular complexity index is 664. The van der Waals surface area contributed by atoms with E-state index in [0.29, 0.717) is 32.8 Å². The van der Waals surface area contributed by atoms with Crippen molar-refractivity contribution in [2.45, 2.75) is 46.6 Å². The summed E-state index contributed by atoms with van der Waals surface area (Å²) in [6.07, 6.45) is 2.66. The lowest BCUT2D eigenvalue weighted by molar-refractivity contribution is -0.144. The van der Waals surface area contributed by atoms with Gasteiger partial charge in [0.05, 0.1) is 24.8 Å². The SMILES string of the molecule is CCc1c(C)nn(CC(=O)N2CCCC(C(=O)N3CCOCC3)C2)c1C. The number of carbonyl (C=O) groups is 2. The average molecular weight is 362 g/mol. The Morgan fingerprint density at radius 2 is 1.88 bits per heavy atom. The number of aromatic nitrogens is 2. The number of morpholine rings is 1. The van der Waals surface area contributed by atoms with Crippen LogP contribution in [0.25, 0.3) is 0 Å². The summed E-state index contributed by atoms with van der Waals surface area (Å²) >= 11 is 0. The van der Waals surface area contributed by atoms with Crippen molar-refractivity contribution in [1.82, 2.24) is 19.6 Å². The van der Waals surface area contributed by atoms with Crippen molar-refractivity contribution in [3.63, 3.8) is 0 Å². The van der Waals surface area contributed by atoms with Crippen molar-refractivity contribution in [3.8, 4) is 0 Å². The fourth-order valence-electron chi connectivity index (χ4n) is 4.07. The van der Waals surface area contributed by atoms with E-state index in [0.717, 1.165) is 37.2 Å². The van der Waals surface area contributed by atoms with Gasteiger partial charge < -0.3 is 14.5 Å². The molecule has 2 amide bonds. The summed E-state index contributed by atoms with van der Waals surface area (Å²) < 4.78 is 7.14. The van der Waals surface area contributed by atoms with E-state index < -0.39 is 0 Å². The standard InChI is InChI=1S/C19H30N4O3/c1-4-17-14(2)20-23(15(17)3)13-18(24)22-7-5-6-16(12-22)19(25)21-8-10-26-11-9-21/h16H,4-13H2,1-3H3. The van der Waals surface area contributed by atoms with Crippen LogP contribution in [0.15, 0.2) is 0 Å². The number of amides is 2. The first-order valence-corrected chi connectivity index (χ1v) is 9.68. The van der Waals surface area contributed by atoms with Gasteiger partial charge in [-0.05, 0) is 38.7 Å². The molecule has 2 saturated heterocycles. The van der Waals surface area contributed by atoms with Crippen LogP contribution in [0.4, 0.5) is 0 Å². The minimum absolute atomic E-state index is 0.0535. The van der Waals surface area contributed by atoms with E-state index in [1.54, 1.807) is 0 Å². The minimum atomic E-state index is -0.0857. The number of aryl methyl sites for hydroxylation is 1.